The zero-order chi connectivity index (χ0) is 23.4. The molecule has 32 heavy (non-hydrogen) atoms. The number of nitrogens with zero attached hydrogens (tertiary/aromatic N) is 2. The second kappa shape index (κ2) is 9.87. The summed E-state index contributed by atoms with van der Waals surface area (Å²) in [5.74, 6) is -0.116. The number of ether oxygens (including phenoxy) is 2. The highest BCUT2D eigenvalue weighted by Crippen LogP contribution is 2.40. The molecule has 0 saturated carbocycles. The molecule has 0 aromatic heterocycles. The third-order valence-electron chi connectivity index (χ3n) is 5.50. The molecule has 1 heterocycles. The number of carbonyl (C=O) groups excluding carboxylic acids is 2. The SMILES string of the molecule is CCOc1ccc([C@@H]2/C(=C(\O)c3ccc(OC)c(C)c3)C(=O)C(=O)N2CCN(C)C)cc1. The molecule has 0 aliphatic carbocycles. The third kappa shape index (κ3) is 4.62. The van der Waals surface area contributed by atoms with Crippen molar-refractivity contribution in [3.8, 4) is 11.5 Å². The number of rotatable bonds is 8. The molecule has 0 spiro atoms. The van der Waals surface area contributed by atoms with Crippen LogP contribution in [-0.2, 0) is 9.59 Å². The number of likely N-dealkylation sites (N-methyl/N-ethyl adjacent to an activating group) is 1. The number of aliphatic hydroxyl groups is 1. The first-order valence-electron chi connectivity index (χ1n) is 10.6. The number of aliphatic hydroxyl groups excluding tert-OH is 1. The van der Waals surface area contributed by atoms with Crippen molar-refractivity contribution in [3.63, 3.8) is 0 Å². The van der Waals surface area contributed by atoms with Crippen LogP contribution >= 0.6 is 0 Å². The van der Waals surface area contributed by atoms with Gasteiger partial charge in [0.25, 0.3) is 11.7 Å². The largest absolute Gasteiger partial charge is 0.507 e. The highest BCUT2D eigenvalue weighted by Gasteiger charge is 2.45. The van der Waals surface area contributed by atoms with Crippen LogP contribution in [0.4, 0.5) is 0 Å². The van der Waals surface area contributed by atoms with Crippen molar-refractivity contribution in [1.29, 1.82) is 0 Å². The van der Waals surface area contributed by atoms with Gasteiger partial charge in [-0.15, -0.1) is 0 Å². The Labute approximate surface area is 188 Å². The number of ketones is 1. The predicted molar refractivity (Wildman–Crippen MR) is 123 cm³/mol. The van der Waals surface area contributed by atoms with Gasteiger partial charge in [0.05, 0.1) is 25.3 Å². The minimum Gasteiger partial charge on any atom is -0.507 e. The lowest BCUT2D eigenvalue weighted by Gasteiger charge is -2.26. The molecule has 7 nitrogen and oxygen atoms in total. The molecule has 1 atom stereocenters. The second-order valence-corrected chi connectivity index (χ2v) is 7.98. The Balaban J connectivity index is 2.12. The number of likely N-dealkylation sites (tertiary alicyclic amines) is 1. The number of aryl methyl sites for hydroxylation is 1. The van der Waals surface area contributed by atoms with Crippen molar-refractivity contribution in [2.75, 3.05) is 40.9 Å². The molecule has 2 aromatic carbocycles. The van der Waals surface area contributed by atoms with E-state index in [-0.39, 0.29) is 11.3 Å². The summed E-state index contributed by atoms with van der Waals surface area (Å²) in [6.45, 7) is 5.24. The number of benzene rings is 2. The average molecular weight is 439 g/mol. The molecule has 0 radical (unpaired) electrons. The molecule has 1 N–H and O–H groups in total. The molecule has 2 aromatic rings. The van der Waals surface area contributed by atoms with Crippen LogP contribution in [0.5, 0.6) is 11.5 Å². The van der Waals surface area contributed by atoms with Crippen LogP contribution in [0.25, 0.3) is 5.76 Å². The van der Waals surface area contributed by atoms with Gasteiger partial charge in [0.2, 0.25) is 0 Å². The van der Waals surface area contributed by atoms with E-state index in [9.17, 15) is 14.7 Å². The topological polar surface area (TPSA) is 79.3 Å². The fourth-order valence-electron chi connectivity index (χ4n) is 3.86. The maximum absolute atomic E-state index is 13.1. The number of hydrogen-bond donors (Lipinski definition) is 1. The number of methoxy groups -OCH3 is 1. The van der Waals surface area contributed by atoms with E-state index >= 15 is 0 Å². The van der Waals surface area contributed by atoms with E-state index in [2.05, 4.69) is 0 Å². The minimum atomic E-state index is -0.687. The lowest BCUT2D eigenvalue weighted by atomic mass is 9.94. The van der Waals surface area contributed by atoms with E-state index < -0.39 is 17.7 Å². The van der Waals surface area contributed by atoms with E-state index in [1.54, 1.807) is 25.3 Å². The first-order valence-corrected chi connectivity index (χ1v) is 10.6. The first kappa shape index (κ1) is 23.3. The number of carbonyl (C=O) groups is 2. The zero-order valence-corrected chi connectivity index (χ0v) is 19.2. The van der Waals surface area contributed by atoms with E-state index in [0.717, 1.165) is 11.1 Å². The molecule has 7 heteroatoms. The van der Waals surface area contributed by atoms with E-state index in [1.807, 2.05) is 57.1 Å². The molecule has 1 saturated heterocycles. The Hall–Kier alpha value is -3.32. The van der Waals surface area contributed by atoms with Crippen LogP contribution in [0.3, 0.4) is 0 Å². The molecule has 0 bridgehead atoms. The fourth-order valence-corrected chi connectivity index (χ4v) is 3.86. The summed E-state index contributed by atoms with van der Waals surface area (Å²) < 4.78 is 10.8. The van der Waals surface area contributed by atoms with Crippen molar-refractivity contribution in [1.82, 2.24) is 9.80 Å². The van der Waals surface area contributed by atoms with E-state index in [1.165, 1.54) is 4.90 Å². The summed E-state index contributed by atoms with van der Waals surface area (Å²) in [7, 11) is 5.38. The van der Waals surface area contributed by atoms with E-state index in [4.69, 9.17) is 9.47 Å². The molecule has 3 rings (SSSR count). The van der Waals surface area contributed by atoms with Crippen LogP contribution in [-0.4, -0.2) is 67.5 Å². The monoisotopic (exact) mass is 438 g/mol. The predicted octanol–water partition coefficient (Wildman–Crippen LogP) is 3.39. The first-order chi connectivity index (χ1) is 15.3. The Bertz CT molecular complexity index is 1030. The zero-order valence-electron chi connectivity index (χ0n) is 19.2. The highest BCUT2D eigenvalue weighted by atomic mass is 16.5. The quantitative estimate of drug-likeness (QED) is 0.387. The summed E-state index contributed by atoms with van der Waals surface area (Å²) in [6, 6.07) is 11.8. The minimum absolute atomic E-state index is 0.0856. The molecule has 170 valence electrons. The highest BCUT2D eigenvalue weighted by molar-refractivity contribution is 6.46. The summed E-state index contributed by atoms with van der Waals surface area (Å²) >= 11 is 0. The van der Waals surface area contributed by atoms with Crippen LogP contribution in [0.15, 0.2) is 48.0 Å². The molecular weight excluding hydrogens is 408 g/mol. The molecule has 1 aliphatic heterocycles. The third-order valence-corrected chi connectivity index (χ3v) is 5.50. The van der Waals surface area contributed by atoms with Crippen LogP contribution < -0.4 is 9.47 Å². The molecule has 0 unspecified atom stereocenters. The fraction of sp³-hybridized carbons (Fsp3) is 0.360. The van der Waals surface area contributed by atoms with Crippen molar-refractivity contribution in [3.05, 3.63) is 64.7 Å². The van der Waals surface area contributed by atoms with Gasteiger partial charge in [-0.3, -0.25) is 9.59 Å². The Morgan fingerprint density at radius 3 is 2.38 bits per heavy atom. The normalized spacial score (nSPS) is 17.8. The van der Waals surface area contributed by atoms with Gasteiger partial charge in [-0.25, -0.2) is 0 Å². The lowest BCUT2D eigenvalue weighted by Crippen LogP contribution is -2.35. The van der Waals surface area contributed by atoms with Gasteiger partial charge in [-0.05, 0) is 69.4 Å². The lowest BCUT2D eigenvalue weighted by molar-refractivity contribution is -0.140. The molecule has 1 fully saturated rings. The summed E-state index contributed by atoms with van der Waals surface area (Å²) in [5, 5.41) is 11.2. The summed E-state index contributed by atoms with van der Waals surface area (Å²) in [6.07, 6.45) is 0. The van der Waals surface area contributed by atoms with Gasteiger partial charge in [-0.1, -0.05) is 12.1 Å². The van der Waals surface area contributed by atoms with Gasteiger partial charge in [-0.2, -0.15) is 0 Å². The summed E-state index contributed by atoms with van der Waals surface area (Å²) in [4.78, 5) is 29.5. The standard InChI is InChI=1S/C25H30N2O5/c1-6-32-19-10-7-17(8-11-19)22-21(24(29)25(30)27(22)14-13-26(3)4)23(28)18-9-12-20(31-5)16(2)15-18/h7-12,15,22,28H,6,13-14H2,1-5H3/b23-21+/t22-/m1/s1. The van der Waals surface area contributed by atoms with Crippen LogP contribution in [0.2, 0.25) is 0 Å². The van der Waals surface area contributed by atoms with Crippen LogP contribution in [0, 0.1) is 6.92 Å². The Morgan fingerprint density at radius 1 is 1.12 bits per heavy atom. The molecule has 1 amide bonds. The number of Topliss-reactive ketones (excluding diaryl/α,β-unsaturated/α-hetero) is 1. The van der Waals surface area contributed by atoms with Gasteiger partial charge in [0.1, 0.15) is 17.3 Å². The molecule has 1 aliphatic rings. The molecular formula is C25H30N2O5. The van der Waals surface area contributed by atoms with Gasteiger partial charge in [0.15, 0.2) is 0 Å². The number of hydrogen-bond acceptors (Lipinski definition) is 6. The Kier molecular flexibility index (Phi) is 7.20. The van der Waals surface area contributed by atoms with Crippen molar-refractivity contribution < 1.29 is 24.2 Å². The average Bonchev–Trinajstić information content (AvgIpc) is 3.02. The number of amides is 1. The van der Waals surface area contributed by atoms with E-state index in [0.29, 0.717) is 36.8 Å². The second-order valence-electron chi connectivity index (χ2n) is 7.98. The van der Waals surface area contributed by atoms with Gasteiger partial charge >= 0.3 is 0 Å². The smallest absolute Gasteiger partial charge is 0.295 e. The van der Waals surface area contributed by atoms with Crippen molar-refractivity contribution in [2.24, 2.45) is 0 Å². The van der Waals surface area contributed by atoms with Gasteiger partial charge in [0, 0.05) is 18.7 Å². The van der Waals surface area contributed by atoms with Crippen molar-refractivity contribution in [2.45, 2.75) is 19.9 Å². The van der Waals surface area contributed by atoms with Crippen LogP contribution in [0.1, 0.15) is 29.7 Å². The Morgan fingerprint density at radius 2 is 1.81 bits per heavy atom. The van der Waals surface area contributed by atoms with Gasteiger partial charge < -0.3 is 24.4 Å². The maximum atomic E-state index is 13.1. The summed E-state index contributed by atoms with van der Waals surface area (Å²) in [5.41, 5.74) is 2.10. The van der Waals surface area contributed by atoms with Crippen molar-refractivity contribution >= 4 is 17.4 Å². The maximum Gasteiger partial charge on any atom is 0.295 e.